The minimum Gasteiger partial charge on any atom is -0.327 e. The van der Waals surface area contributed by atoms with Gasteiger partial charge in [-0.05, 0) is 38.1 Å². The number of nitrogens with one attached hydrogen (secondary N) is 2. The molecule has 0 spiro atoms. The first-order valence-corrected chi connectivity index (χ1v) is 6.89. The van der Waals surface area contributed by atoms with Crippen LogP contribution < -0.4 is 16.6 Å². The fourth-order valence-electron chi connectivity index (χ4n) is 1.64. The molecule has 1 aromatic rings. The lowest BCUT2D eigenvalue weighted by atomic mass is 10.0. The molecule has 112 valence electrons. The first-order valence-electron chi connectivity index (χ1n) is 6.89. The number of aromatic nitrogens is 1. The zero-order valence-electron chi connectivity index (χ0n) is 12.5. The smallest absolute Gasteiger partial charge is 0.252 e. The Labute approximate surface area is 120 Å². The lowest BCUT2D eigenvalue weighted by Crippen LogP contribution is -2.40. The van der Waals surface area contributed by atoms with Gasteiger partial charge in [0.1, 0.15) is 5.82 Å². The number of carbonyl (C=O) groups is 1. The molecule has 0 aliphatic rings. The van der Waals surface area contributed by atoms with Crippen molar-refractivity contribution in [1.29, 1.82) is 0 Å². The maximum absolute atomic E-state index is 11.7. The van der Waals surface area contributed by atoms with Crippen LogP contribution in [0.15, 0.2) is 24.4 Å². The molecular formula is C14H25N5O. The predicted octanol–water partition coefficient (Wildman–Crippen LogP) is 0.830. The summed E-state index contributed by atoms with van der Waals surface area (Å²) in [6, 6.07) is 5.62. The van der Waals surface area contributed by atoms with E-state index in [-0.39, 0.29) is 11.9 Å². The molecule has 6 nitrogen and oxygen atoms in total. The molecule has 20 heavy (non-hydrogen) atoms. The van der Waals surface area contributed by atoms with Crippen LogP contribution in [0.3, 0.4) is 0 Å². The van der Waals surface area contributed by atoms with Gasteiger partial charge in [0.05, 0.1) is 6.54 Å². The molecule has 0 radical (unpaired) electrons. The zero-order chi connectivity index (χ0) is 15.0. The molecule has 1 aromatic heterocycles. The van der Waals surface area contributed by atoms with Crippen LogP contribution in [0.25, 0.3) is 0 Å². The van der Waals surface area contributed by atoms with Crippen LogP contribution in [0.2, 0.25) is 0 Å². The molecule has 0 fully saturated rings. The zero-order valence-corrected chi connectivity index (χ0v) is 12.5. The molecule has 1 atom stereocenters. The Kier molecular flexibility index (Phi) is 6.97. The van der Waals surface area contributed by atoms with Crippen molar-refractivity contribution in [2.45, 2.75) is 26.3 Å². The number of rotatable bonds is 8. The highest BCUT2D eigenvalue weighted by molar-refractivity contribution is 5.79. The molecule has 0 saturated heterocycles. The number of hydrogen-bond donors (Lipinski definition) is 3. The van der Waals surface area contributed by atoms with E-state index in [1.807, 2.05) is 24.1 Å². The van der Waals surface area contributed by atoms with Crippen LogP contribution in [0.1, 0.15) is 20.3 Å². The monoisotopic (exact) mass is 279 g/mol. The number of carbonyl (C=O) groups excluding carboxylic acids is 1. The van der Waals surface area contributed by atoms with Crippen molar-refractivity contribution in [1.82, 2.24) is 15.3 Å². The molecule has 1 unspecified atom stereocenters. The van der Waals surface area contributed by atoms with Gasteiger partial charge >= 0.3 is 0 Å². The third-order valence-corrected chi connectivity index (χ3v) is 3.11. The molecule has 1 amide bonds. The van der Waals surface area contributed by atoms with Crippen LogP contribution in [0, 0.1) is 5.92 Å². The maximum Gasteiger partial charge on any atom is 0.252 e. The SMILES string of the molecule is CC(C)C(N)CCN(C)CC(=O)NNc1ccccn1. The van der Waals surface area contributed by atoms with E-state index in [1.165, 1.54) is 0 Å². The summed E-state index contributed by atoms with van der Waals surface area (Å²) in [7, 11) is 1.91. The van der Waals surface area contributed by atoms with Gasteiger partial charge in [0.25, 0.3) is 5.91 Å². The summed E-state index contributed by atoms with van der Waals surface area (Å²) >= 11 is 0. The number of nitrogens with two attached hydrogens (primary N) is 1. The van der Waals surface area contributed by atoms with Crippen LogP contribution in [0.4, 0.5) is 5.82 Å². The van der Waals surface area contributed by atoms with Gasteiger partial charge in [-0.2, -0.15) is 0 Å². The van der Waals surface area contributed by atoms with Gasteiger partial charge in [0.15, 0.2) is 0 Å². The Hall–Kier alpha value is -1.66. The Morgan fingerprint density at radius 2 is 2.20 bits per heavy atom. The van der Waals surface area contributed by atoms with Gasteiger partial charge in [-0.25, -0.2) is 4.98 Å². The second-order valence-corrected chi connectivity index (χ2v) is 5.32. The highest BCUT2D eigenvalue weighted by Gasteiger charge is 2.11. The minimum absolute atomic E-state index is 0.101. The summed E-state index contributed by atoms with van der Waals surface area (Å²) in [5, 5.41) is 0. The van der Waals surface area contributed by atoms with Crippen LogP contribution in [-0.2, 0) is 4.79 Å². The van der Waals surface area contributed by atoms with E-state index in [0.717, 1.165) is 13.0 Å². The number of hydrazine groups is 1. The van der Waals surface area contributed by atoms with Crippen LogP contribution >= 0.6 is 0 Å². The van der Waals surface area contributed by atoms with E-state index in [9.17, 15) is 4.79 Å². The standard InChI is InChI=1S/C14H25N5O/c1-11(2)12(15)7-9-19(3)10-14(20)18-17-13-6-4-5-8-16-13/h4-6,8,11-12H,7,9-10,15H2,1-3H3,(H,16,17)(H,18,20). The summed E-state index contributed by atoms with van der Waals surface area (Å²) in [6.45, 7) is 5.34. The molecule has 6 heteroatoms. The first kappa shape index (κ1) is 16.4. The minimum atomic E-state index is -0.101. The largest absolute Gasteiger partial charge is 0.327 e. The quantitative estimate of drug-likeness (QED) is 0.614. The fourth-order valence-corrected chi connectivity index (χ4v) is 1.64. The van der Waals surface area contributed by atoms with Crippen molar-refractivity contribution in [2.75, 3.05) is 25.6 Å². The molecule has 1 heterocycles. The molecule has 0 aliphatic carbocycles. The Morgan fingerprint density at radius 1 is 1.45 bits per heavy atom. The summed E-state index contributed by atoms with van der Waals surface area (Å²) in [5.74, 6) is 0.977. The third kappa shape index (κ3) is 6.49. The number of hydrogen-bond acceptors (Lipinski definition) is 5. The van der Waals surface area contributed by atoms with Gasteiger partial charge in [-0.3, -0.25) is 20.5 Å². The summed E-state index contributed by atoms with van der Waals surface area (Å²) in [4.78, 5) is 17.7. The summed E-state index contributed by atoms with van der Waals surface area (Å²) in [6.07, 6.45) is 2.54. The maximum atomic E-state index is 11.7. The number of anilines is 1. The van der Waals surface area contributed by atoms with E-state index >= 15 is 0 Å². The highest BCUT2D eigenvalue weighted by Crippen LogP contribution is 2.03. The normalized spacial score (nSPS) is 12.5. The van der Waals surface area contributed by atoms with Gasteiger partial charge in [-0.15, -0.1) is 0 Å². The van der Waals surface area contributed by atoms with Crippen molar-refractivity contribution < 1.29 is 4.79 Å². The second kappa shape index (κ2) is 8.50. The number of nitrogens with zero attached hydrogens (tertiary/aromatic N) is 2. The van der Waals surface area contributed by atoms with E-state index in [1.54, 1.807) is 12.3 Å². The molecule has 1 rings (SSSR count). The Bertz CT molecular complexity index is 396. The Balaban J connectivity index is 2.21. The fraction of sp³-hybridized carbons (Fsp3) is 0.571. The van der Waals surface area contributed by atoms with Gasteiger partial charge in [-0.1, -0.05) is 19.9 Å². The van der Waals surface area contributed by atoms with E-state index in [4.69, 9.17) is 5.73 Å². The lowest BCUT2D eigenvalue weighted by molar-refractivity contribution is -0.121. The highest BCUT2D eigenvalue weighted by atomic mass is 16.2. The van der Waals surface area contributed by atoms with Crippen molar-refractivity contribution in [3.8, 4) is 0 Å². The molecule has 0 aliphatic heterocycles. The van der Waals surface area contributed by atoms with Crippen LogP contribution in [-0.4, -0.2) is 42.0 Å². The molecule has 4 N–H and O–H groups in total. The Morgan fingerprint density at radius 3 is 2.80 bits per heavy atom. The van der Waals surface area contributed by atoms with Crippen molar-refractivity contribution in [2.24, 2.45) is 11.7 Å². The summed E-state index contributed by atoms with van der Waals surface area (Å²) < 4.78 is 0. The number of amides is 1. The van der Waals surface area contributed by atoms with E-state index in [0.29, 0.717) is 18.3 Å². The average molecular weight is 279 g/mol. The predicted molar refractivity (Wildman–Crippen MR) is 80.9 cm³/mol. The van der Waals surface area contributed by atoms with E-state index in [2.05, 4.69) is 29.7 Å². The third-order valence-electron chi connectivity index (χ3n) is 3.11. The van der Waals surface area contributed by atoms with E-state index < -0.39 is 0 Å². The number of likely N-dealkylation sites (N-methyl/N-ethyl adjacent to an activating group) is 1. The first-order chi connectivity index (χ1) is 9.49. The van der Waals surface area contributed by atoms with Crippen molar-refractivity contribution in [3.63, 3.8) is 0 Å². The van der Waals surface area contributed by atoms with Crippen molar-refractivity contribution in [3.05, 3.63) is 24.4 Å². The summed E-state index contributed by atoms with van der Waals surface area (Å²) in [5.41, 5.74) is 11.4. The molecule has 0 bridgehead atoms. The van der Waals surface area contributed by atoms with Crippen LogP contribution in [0.5, 0.6) is 0 Å². The lowest BCUT2D eigenvalue weighted by Gasteiger charge is -2.21. The van der Waals surface area contributed by atoms with Gasteiger partial charge < -0.3 is 5.73 Å². The number of pyridine rings is 1. The molecule has 0 saturated carbocycles. The van der Waals surface area contributed by atoms with Gasteiger partial charge in [0, 0.05) is 12.2 Å². The van der Waals surface area contributed by atoms with Gasteiger partial charge in [0.2, 0.25) is 0 Å². The topological polar surface area (TPSA) is 83.3 Å². The second-order valence-electron chi connectivity index (χ2n) is 5.32. The van der Waals surface area contributed by atoms with Crippen molar-refractivity contribution >= 4 is 11.7 Å². The average Bonchev–Trinajstić information content (AvgIpc) is 2.43. The molecular weight excluding hydrogens is 254 g/mol. The molecule has 0 aromatic carbocycles.